The molecule has 2 aliphatic heterocycles. The number of hydrogen-bond acceptors (Lipinski definition) is 5. The Balaban J connectivity index is 1.45. The van der Waals surface area contributed by atoms with E-state index in [0.29, 0.717) is 0 Å². The molecular formula is C19H30N6O. The molecule has 4 rings (SSSR count). The summed E-state index contributed by atoms with van der Waals surface area (Å²) in [5, 5.41) is 12.8. The van der Waals surface area contributed by atoms with Crippen LogP contribution in [0.5, 0.6) is 0 Å². The number of fused-ring (bicyclic) bond motifs is 1. The Bertz CT molecular complexity index is 717. The average Bonchev–Trinajstić information content (AvgIpc) is 3.35. The van der Waals surface area contributed by atoms with Crippen molar-refractivity contribution in [2.45, 2.75) is 51.4 Å². The zero-order valence-electron chi connectivity index (χ0n) is 16.1. The molecule has 0 saturated carbocycles. The number of ether oxygens (including phenoxy) is 1. The number of nitrogens with zero attached hydrogens (tertiary/aromatic N) is 5. The van der Waals surface area contributed by atoms with Gasteiger partial charge in [-0.15, -0.1) is 0 Å². The van der Waals surface area contributed by atoms with Crippen LogP contribution in [0.25, 0.3) is 0 Å². The molecule has 0 amide bonds. The van der Waals surface area contributed by atoms with E-state index in [1.54, 1.807) is 0 Å². The van der Waals surface area contributed by atoms with Crippen molar-refractivity contribution in [3.05, 3.63) is 35.4 Å². The molecule has 1 fully saturated rings. The van der Waals surface area contributed by atoms with Crippen LogP contribution in [0.2, 0.25) is 0 Å². The number of aromatic nitrogens is 4. The first-order valence-electron chi connectivity index (χ1n) is 9.81. The van der Waals surface area contributed by atoms with Crippen molar-refractivity contribution in [2.24, 2.45) is 7.05 Å². The van der Waals surface area contributed by atoms with Gasteiger partial charge in [-0.1, -0.05) is 6.92 Å². The molecule has 2 aromatic rings. The molecule has 1 unspecified atom stereocenters. The fourth-order valence-electron chi connectivity index (χ4n) is 4.26. The first-order valence-corrected chi connectivity index (χ1v) is 9.81. The van der Waals surface area contributed by atoms with E-state index < -0.39 is 0 Å². The van der Waals surface area contributed by atoms with Gasteiger partial charge in [0, 0.05) is 44.6 Å². The smallest absolute Gasteiger partial charge is 0.0911 e. The van der Waals surface area contributed by atoms with Crippen LogP contribution in [0, 0.1) is 0 Å². The summed E-state index contributed by atoms with van der Waals surface area (Å²) >= 11 is 0. The molecule has 0 bridgehead atoms. The zero-order chi connectivity index (χ0) is 18.1. The van der Waals surface area contributed by atoms with Gasteiger partial charge in [-0.05, 0) is 38.4 Å². The first kappa shape index (κ1) is 17.7. The van der Waals surface area contributed by atoms with Crippen molar-refractivity contribution in [3.63, 3.8) is 0 Å². The van der Waals surface area contributed by atoms with Crippen molar-refractivity contribution >= 4 is 0 Å². The van der Waals surface area contributed by atoms with Crippen molar-refractivity contribution in [3.8, 4) is 0 Å². The lowest BCUT2D eigenvalue weighted by atomic mass is 10.0. The summed E-state index contributed by atoms with van der Waals surface area (Å²) in [6, 6.07) is 4.82. The minimum Gasteiger partial charge on any atom is -0.374 e. The highest BCUT2D eigenvalue weighted by atomic mass is 16.5. The van der Waals surface area contributed by atoms with E-state index >= 15 is 0 Å². The molecule has 1 saturated heterocycles. The van der Waals surface area contributed by atoms with E-state index in [2.05, 4.69) is 46.0 Å². The molecule has 3 atom stereocenters. The van der Waals surface area contributed by atoms with Gasteiger partial charge in [-0.3, -0.25) is 14.3 Å². The number of rotatable bonds is 6. The van der Waals surface area contributed by atoms with Crippen LogP contribution < -0.4 is 5.32 Å². The summed E-state index contributed by atoms with van der Waals surface area (Å²) in [5.41, 5.74) is 3.72. The monoisotopic (exact) mass is 358 g/mol. The molecule has 0 aromatic carbocycles. The number of aryl methyl sites for hydroxylation is 3. The minimum absolute atomic E-state index is 0.107. The van der Waals surface area contributed by atoms with Gasteiger partial charge in [0.05, 0.1) is 30.1 Å². The van der Waals surface area contributed by atoms with Gasteiger partial charge >= 0.3 is 0 Å². The van der Waals surface area contributed by atoms with Crippen LogP contribution in [-0.4, -0.2) is 56.8 Å². The molecule has 0 spiro atoms. The molecule has 7 nitrogen and oxygen atoms in total. The fraction of sp³-hybridized carbons (Fsp3) is 0.684. The normalized spacial score (nSPS) is 24.7. The Hall–Kier alpha value is -1.70. The van der Waals surface area contributed by atoms with E-state index in [4.69, 9.17) is 9.84 Å². The maximum absolute atomic E-state index is 6.18. The largest absolute Gasteiger partial charge is 0.374 e. The number of nitrogens with one attached hydrogen (secondary N) is 1. The Labute approximate surface area is 155 Å². The van der Waals surface area contributed by atoms with E-state index in [1.165, 1.54) is 17.8 Å². The van der Waals surface area contributed by atoms with Gasteiger partial charge in [-0.2, -0.15) is 10.2 Å². The molecule has 0 radical (unpaired) electrons. The van der Waals surface area contributed by atoms with Crippen LogP contribution in [0.15, 0.2) is 18.3 Å². The van der Waals surface area contributed by atoms with Gasteiger partial charge < -0.3 is 10.1 Å². The highest BCUT2D eigenvalue weighted by Crippen LogP contribution is 2.29. The highest BCUT2D eigenvalue weighted by Gasteiger charge is 2.34. The summed E-state index contributed by atoms with van der Waals surface area (Å²) in [6.45, 7) is 9.02. The lowest BCUT2D eigenvalue weighted by Gasteiger charge is -2.41. The van der Waals surface area contributed by atoms with Crippen LogP contribution in [0.3, 0.4) is 0 Å². The molecule has 1 N–H and O–H groups in total. The molecular weight excluding hydrogens is 328 g/mol. The van der Waals surface area contributed by atoms with E-state index in [1.807, 2.05) is 17.9 Å². The predicted octanol–water partition coefficient (Wildman–Crippen LogP) is 1.68. The Morgan fingerprint density at radius 2 is 2.27 bits per heavy atom. The van der Waals surface area contributed by atoms with Crippen LogP contribution in [0.1, 0.15) is 49.4 Å². The maximum Gasteiger partial charge on any atom is 0.0911 e. The SMILES string of the molecule is CCN1CCO[C@@H](CNC(C)c2cc3n(n2)CCC3)[C@@H]1c1ccnn1C. The molecule has 26 heavy (non-hydrogen) atoms. The molecule has 7 heteroatoms. The van der Waals surface area contributed by atoms with Gasteiger partial charge in [0.1, 0.15) is 0 Å². The van der Waals surface area contributed by atoms with Crippen LogP contribution in [-0.2, 0) is 24.8 Å². The highest BCUT2D eigenvalue weighted by molar-refractivity contribution is 5.16. The number of likely N-dealkylation sites (N-methyl/N-ethyl adjacent to an activating group) is 1. The van der Waals surface area contributed by atoms with Crippen molar-refractivity contribution < 1.29 is 4.74 Å². The average molecular weight is 358 g/mol. The van der Waals surface area contributed by atoms with Crippen LogP contribution >= 0.6 is 0 Å². The summed E-state index contributed by atoms with van der Waals surface area (Å²) in [5.74, 6) is 0. The summed E-state index contributed by atoms with van der Waals surface area (Å²) < 4.78 is 10.3. The minimum atomic E-state index is 0.107. The first-order chi connectivity index (χ1) is 12.7. The van der Waals surface area contributed by atoms with E-state index in [0.717, 1.165) is 44.9 Å². The van der Waals surface area contributed by atoms with Gasteiger partial charge in [0.2, 0.25) is 0 Å². The quantitative estimate of drug-likeness (QED) is 0.851. The third-order valence-electron chi connectivity index (χ3n) is 5.78. The standard InChI is InChI=1S/C19H30N6O/c1-4-24-10-11-26-18(19(24)17-7-8-21-23(17)3)13-20-14(2)16-12-15-6-5-9-25(15)22-16/h7-8,12,14,18-20H,4-6,9-11,13H2,1-3H3/t14?,18-,19-/m0/s1. The number of morpholine rings is 1. The third-order valence-corrected chi connectivity index (χ3v) is 5.78. The summed E-state index contributed by atoms with van der Waals surface area (Å²) in [6.07, 6.45) is 4.35. The predicted molar refractivity (Wildman–Crippen MR) is 99.9 cm³/mol. The molecule has 142 valence electrons. The summed E-state index contributed by atoms with van der Waals surface area (Å²) in [4.78, 5) is 2.49. The van der Waals surface area contributed by atoms with Crippen molar-refractivity contribution in [1.82, 2.24) is 29.8 Å². The van der Waals surface area contributed by atoms with Crippen molar-refractivity contribution in [2.75, 3.05) is 26.2 Å². The number of hydrogen-bond donors (Lipinski definition) is 1. The third kappa shape index (κ3) is 3.31. The second-order valence-electron chi connectivity index (χ2n) is 7.38. The van der Waals surface area contributed by atoms with Gasteiger partial charge in [0.15, 0.2) is 0 Å². The zero-order valence-corrected chi connectivity index (χ0v) is 16.1. The second-order valence-corrected chi connectivity index (χ2v) is 7.38. The molecule has 2 aromatic heterocycles. The molecule has 2 aliphatic rings. The topological polar surface area (TPSA) is 60.1 Å². The lowest BCUT2D eigenvalue weighted by Crippen LogP contribution is -2.49. The van der Waals surface area contributed by atoms with Gasteiger partial charge in [-0.25, -0.2) is 0 Å². The van der Waals surface area contributed by atoms with Gasteiger partial charge in [0.25, 0.3) is 0 Å². The van der Waals surface area contributed by atoms with Crippen LogP contribution in [0.4, 0.5) is 0 Å². The fourth-order valence-corrected chi connectivity index (χ4v) is 4.26. The summed E-state index contributed by atoms with van der Waals surface area (Å²) in [7, 11) is 2.01. The molecule has 4 heterocycles. The van der Waals surface area contributed by atoms with Crippen molar-refractivity contribution in [1.29, 1.82) is 0 Å². The lowest BCUT2D eigenvalue weighted by molar-refractivity contribution is -0.0725. The Morgan fingerprint density at radius 3 is 3.00 bits per heavy atom. The van der Waals surface area contributed by atoms with E-state index in [-0.39, 0.29) is 18.2 Å². The maximum atomic E-state index is 6.18. The Morgan fingerprint density at radius 1 is 1.38 bits per heavy atom. The van der Waals surface area contributed by atoms with E-state index in [9.17, 15) is 0 Å². The molecule has 0 aliphatic carbocycles. The Kier molecular flexibility index (Phi) is 5.11. The second kappa shape index (κ2) is 7.50.